The minimum Gasteiger partial charge on any atom is -0.541 e. The van der Waals surface area contributed by atoms with Gasteiger partial charge >= 0.3 is 0 Å². The topological polar surface area (TPSA) is 27.7 Å². The first-order valence-corrected chi connectivity index (χ1v) is 14.1. The van der Waals surface area contributed by atoms with Crippen molar-refractivity contribution < 1.29 is 13.9 Å². The van der Waals surface area contributed by atoms with Crippen LogP contribution in [0.5, 0.6) is 11.5 Å². The highest BCUT2D eigenvalue weighted by molar-refractivity contribution is 6.74. The molecule has 4 saturated carbocycles. The van der Waals surface area contributed by atoms with Crippen LogP contribution in [-0.4, -0.2) is 21.0 Å². The van der Waals surface area contributed by atoms with E-state index in [-0.39, 0.29) is 10.6 Å². The molecule has 4 fully saturated rings. The fraction of sp³-hybridized carbons (Fsp3) is 0.680. The quantitative estimate of drug-likeness (QED) is 0.381. The number of hydrogen-bond donors (Lipinski definition) is 0. The number of hydrogen-bond acceptors (Lipinski definition) is 3. The third-order valence-electron chi connectivity index (χ3n) is 8.13. The van der Waals surface area contributed by atoms with E-state index >= 15 is 0 Å². The van der Waals surface area contributed by atoms with E-state index in [0.717, 1.165) is 28.9 Å². The molecule has 0 aliphatic heterocycles. The first-order chi connectivity index (χ1) is 13.5. The molecule has 4 bridgehead atoms. The van der Waals surface area contributed by atoms with Gasteiger partial charge in [-0.25, -0.2) is 0 Å². The molecule has 2 atom stereocenters. The molecule has 160 valence electrons. The third-order valence-corrected chi connectivity index (χ3v) is 12.5. The molecule has 29 heavy (non-hydrogen) atoms. The van der Waals surface area contributed by atoms with Crippen LogP contribution in [0, 0.1) is 17.8 Å². The van der Waals surface area contributed by atoms with Crippen LogP contribution in [0.1, 0.15) is 58.4 Å². The maximum Gasteiger partial charge on any atom is 0.250 e. The van der Waals surface area contributed by atoms with Crippen LogP contribution in [0.4, 0.5) is 0 Å². The normalized spacial score (nSPS) is 31.2. The van der Waals surface area contributed by atoms with Crippen molar-refractivity contribution >= 4 is 8.32 Å². The van der Waals surface area contributed by atoms with Gasteiger partial charge in [0.15, 0.2) is 5.75 Å². The van der Waals surface area contributed by atoms with Gasteiger partial charge in [0.2, 0.25) is 0 Å². The zero-order valence-electron chi connectivity index (χ0n) is 19.1. The van der Waals surface area contributed by atoms with E-state index in [2.05, 4.69) is 52.6 Å². The molecule has 4 heteroatoms. The molecule has 1 aromatic rings. The summed E-state index contributed by atoms with van der Waals surface area (Å²) in [5, 5.41) is 0.140. The lowest BCUT2D eigenvalue weighted by molar-refractivity contribution is -0.127. The van der Waals surface area contributed by atoms with Gasteiger partial charge in [-0.1, -0.05) is 33.4 Å². The van der Waals surface area contributed by atoms with Gasteiger partial charge in [0.25, 0.3) is 8.32 Å². The predicted molar refractivity (Wildman–Crippen MR) is 121 cm³/mol. The molecule has 5 rings (SSSR count). The lowest BCUT2D eigenvalue weighted by Crippen LogP contribution is -2.53. The smallest absolute Gasteiger partial charge is 0.250 e. The van der Waals surface area contributed by atoms with Crippen molar-refractivity contribution in [2.75, 3.05) is 7.11 Å². The molecule has 0 radical (unpaired) electrons. The van der Waals surface area contributed by atoms with Gasteiger partial charge < -0.3 is 13.9 Å². The standard InChI is InChI=1S/C25H38O3Si/c1-17-21-11-19-10-20(12-21)15-25(17,14-19)27-16-18-8-9-22(26-5)23(13-18)28-29(6,7)24(2,3)4/h8-9,13,19-21H,1,10-12,14-16H2,2-7H3. The minimum atomic E-state index is -1.94. The summed E-state index contributed by atoms with van der Waals surface area (Å²) in [5.74, 6) is 4.02. The van der Waals surface area contributed by atoms with Gasteiger partial charge in [-0.05, 0) is 91.3 Å². The molecule has 0 N–H and O–H groups in total. The Morgan fingerprint density at radius 3 is 2.31 bits per heavy atom. The minimum absolute atomic E-state index is 0.0882. The van der Waals surface area contributed by atoms with Crippen molar-refractivity contribution in [1.82, 2.24) is 0 Å². The lowest BCUT2D eigenvalue weighted by atomic mass is 9.52. The van der Waals surface area contributed by atoms with Crippen molar-refractivity contribution in [3.8, 4) is 11.5 Å². The summed E-state index contributed by atoms with van der Waals surface area (Å²) in [4.78, 5) is 0. The van der Waals surface area contributed by atoms with E-state index in [1.165, 1.54) is 37.7 Å². The first kappa shape index (κ1) is 21.0. The summed E-state index contributed by atoms with van der Waals surface area (Å²) in [6, 6.07) is 6.26. The highest BCUT2D eigenvalue weighted by atomic mass is 28.4. The molecule has 1 aromatic carbocycles. The molecule has 0 spiro atoms. The molecule has 0 aromatic heterocycles. The second-order valence-corrected chi connectivity index (χ2v) is 15.9. The molecule has 0 amide bonds. The fourth-order valence-corrected chi connectivity index (χ4v) is 6.60. The molecule has 4 aliphatic rings. The summed E-state index contributed by atoms with van der Waals surface area (Å²) < 4.78 is 18.9. The number of rotatable bonds is 6. The van der Waals surface area contributed by atoms with Crippen LogP contribution in [0.15, 0.2) is 30.4 Å². The predicted octanol–water partition coefficient (Wildman–Crippen LogP) is 6.73. The zero-order chi connectivity index (χ0) is 21.0. The van der Waals surface area contributed by atoms with Crippen molar-refractivity contribution in [3.63, 3.8) is 0 Å². The van der Waals surface area contributed by atoms with E-state index in [1.54, 1.807) is 7.11 Å². The maximum atomic E-state index is 6.68. The van der Waals surface area contributed by atoms with Crippen molar-refractivity contribution in [3.05, 3.63) is 35.9 Å². The van der Waals surface area contributed by atoms with E-state index < -0.39 is 8.32 Å². The highest BCUT2D eigenvalue weighted by Crippen LogP contribution is 2.59. The summed E-state index contributed by atoms with van der Waals surface area (Å²) in [7, 11) is -0.231. The molecular weight excluding hydrogens is 376 g/mol. The van der Waals surface area contributed by atoms with E-state index in [0.29, 0.717) is 12.5 Å². The molecule has 4 aliphatic carbocycles. The molecule has 0 heterocycles. The Morgan fingerprint density at radius 1 is 1.07 bits per heavy atom. The Balaban J connectivity index is 1.52. The van der Waals surface area contributed by atoms with Crippen LogP contribution >= 0.6 is 0 Å². The van der Waals surface area contributed by atoms with Crippen LogP contribution < -0.4 is 9.16 Å². The Bertz CT molecular complexity index is 778. The fourth-order valence-electron chi connectivity index (χ4n) is 5.58. The van der Waals surface area contributed by atoms with E-state index in [4.69, 9.17) is 13.9 Å². The van der Waals surface area contributed by atoms with Gasteiger partial charge in [-0.15, -0.1) is 0 Å². The molecule has 2 unspecified atom stereocenters. The van der Waals surface area contributed by atoms with Crippen molar-refractivity contribution in [1.29, 1.82) is 0 Å². The average Bonchev–Trinajstić information content (AvgIpc) is 2.63. The summed E-state index contributed by atoms with van der Waals surface area (Å²) in [5.41, 5.74) is 2.44. The first-order valence-electron chi connectivity index (χ1n) is 11.2. The van der Waals surface area contributed by atoms with Gasteiger partial charge in [0.05, 0.1) is 19.3 Å². The lowest BCUT2D eigenvalue weighted by Gasteiger charge is -2.57. The SMILES string of the molecule is C=C1C2CC3CC(C2)CC1(OCc1ccc(OC)c(O[Si](C)(C)C(C)(C)C)c1)C3. The van der Waals surface area contributed by atoms with E-state index in [1.807, 2.05) is 6.07 Å². The van der Waals surface area contributed by atoms with Crippen LogP contribution in [0.25, 0.3) is 0 Å². The largest absolute Gasteiger partial charge is 0.541 e. The van der Waals surface area contributed by atoms with Crippen LogP contribution in [0.2, 0.25) is 18.1 Å². The Morgan fingerprint density at radius 2 is 1.72 bits per heavy atom. The third kappa shape index (κ3) is 3.79. The Kier molecular flexibility index (Phi) is 5.18. The summed E-state index contributed by atoms with van der Waals surface area (Å²) >= 11 is 0. The number of benzene rings is 1. The van der Waals surface area contributed by atoms with Gasteiger partial charge in [0, 0.05) is 0 Å². The van der Waals surface area contributed by atoms with Gasteiger partial charge in [-0.2, -0.15) is 0 Å². The number of ether oxygens (including phenoxy) is 2. The zero-order valence-corrected chi connectivity index (χ0v) is 20.1. The van der Waals surface area contributed by atoms with Gasteiger partial charge in [-0.3, -0.25) is 0 Å². The monoisotopic (exact) mass is 414 g/mol. The highest BCUT2D eigenvalue weighted by Gasteiger charge is 2.54. The van der Waals surface area contributed by atoms with Crippen molar-refractivity contribution in [2.45, 2.75) is 83.2 Å². The number of methoxy groups -OCH3 is 1. The second kappa shape index (κ2) is 7.16. The van der Waals surface area contributed by atoms with Crippen LogP contribution in [-0.2, 0) is 11.3 Å². The Labute approximate surface area is 178 Å². The van der Waals surface area contributed by atoms with Crippen LogP contribution in [0.3, 0.4) is 0 Å². The maximum absolute atomic E-state index is 6.68. The molecule has 3 nitrogen and oxygen atoms in total. The Hall–Kier alpha value is -1.26. The summed E-state index contributed by atoms with van der Waals surface area (Å²) in [6.45, 7) is 16.4. The molecule has 0 saturated heterocycles. The average molecular weight is 415 g/mol. The second-order valence-electron chi connectivity index (χ2n) is 11.2. The van der Waals surface area contributed by atoms with Gasteiger partial charge in [0.1, 0.15) is 5.75 Å². The molecular formula is C25H38O3Si. The van der Waals surface area contributed by atoms with Crippen molar-refractivity contribution in [2.24, 2.45) is 17.8 Å². The summed E-state index contributed by atoms with van der Waals surface area (Å²) in [6.07, 6.45) is 6.42. The van der Waals surface area contributed by atoms with E-state index in [9.17, 15) is 0 Å².